The molecule has 0 aliphatic carbocycles. The second-order valence-corrected chi connectivity index (χ2v) is 7.24. The van der Waals surface area contributed by atoms with Gasteiger partial charge in [-0.15, -0.1) is 0 Å². The second-order valence-electron chi connectivity index (χ2n) is 7.24. The Balaban J connectivity index is 1.31. The fourth-order valence-electron chi connectivity index (χ4n) is 3.35. The summed E-state index contributed by atoms with van der Waals surface area (Å²) in [7, 11) is 0. The number of carbonyl (C=O) groups is 1. The van der Waals surface area contributed by atoms with Gasteiger partial charge in [-0.1, -0.05) is 6.07 Å². The molecule has 1 N–H and O–H groups in total. The van der Waals surface area contributed by atoms with Gasteiger partial charge in [0, 0.05) is 24.9 Å². The van der Waals surface area contributed by atoms with E-state index < -0.39 is 0 Å². The largest absolute Gasteiger partial charge is 0.484 e. The number of amides is 1. The summed E-state index contributed by atoms with van der Waals surface area (Å²) in [6.45, 7) is 3.14. The van der Waals surface area contributed by atoms with Gasteiger partial charge in [0.2, 0.25) is 5.89 Å². The minimum absolute atomic E-state index is 0.0337. The van der Waals surface area contributed by atoms with E-state index in [-0.39, 0.29) is 18.6 Å². The van der Waals surface area contributed by atoms with Crippen molar-refractivity contribution in [2.24, 2.45) is 0 Å². The molecule has 156 valence electrons. The van der Waals surface area contributed by atoms with Crippen LogP contribution in [0.5, 0.6) is 5.75 Å². The van der Waals surface area contributed by atoms with Crippen molar-refractivity contribution in [1.29, 1.82) is 0 Å². The summed E-state index contributed by atoms with van der Waals surface area (Å²) in [4.78, 5) is 20.9. The Kier molecular flexibility index (Phi) is 6.39. The van der Waals surface area contributed by atoms with Crippen molar-refractivity contribution in [3.05, 3.63) is 54.4 Å². The van der Waals surface area contributed by atoms with Crippen molar-refractivity contribution in [2.75, 3.05) is 19.8 Å². The van der Waals surface area contributed by atoms with Crippen molar-refractivity contribution in [2.45, 2.75) is 32.3 Å². The number of pyridine rings is 1. The lowest BCUT2D eigenvalue weighted by Crippen LogP contribution is -2.37. The first-order valence-corrected chi connectivity index (χ1v) is 10.2. The van der Waals surface area contributed by atoms with Gasteiger partial charge in [-0.05, 0) is 62.6 Å². The highest BCUT2D eigenvalue weighted by molar-refractivity contribution is 5.77. The number of benzene rings is 1. The molecule has 3 heterocycles. The van der Waals surface area contributed by atoms with Crippen LogP contribution in [-0.4, -0.2) is 41.7 Å². The van der Waals surface area contributed by atoms with Crippen molar-refractivity contribution in [1.82, 2.24) is 15.3 Å². The molecule has 0 radical (unpaired) electrons. The number of nitrogens with zero attached hydrogens (tertiary/aromatic N) is 2. The topological polar surface area (TPSA) is 86.5 Å². The first-order valence-electron chi connectivity index (χ1n) is 10.2. The summed E-state index contributed by atoms with van der Waals surface area (Å²) in [5.41, 5.74) is 2.32. The minimum atomic E-state index is -0.156. The van der Waals surface area contributed by atoms with Gasteiger partial charge in [-0.25, -0.2) is 4.98 Å². The fraction of sp³-hybridized carbons (Fsp3) is 0.348. The van der Waals surface area contributed by atoms with E-state index in [1.807, 2.05) is 37.3 Å². The number of carbonyl (C=O) groups excluding carboxylic acids is 1. The summed E-state index contributed by atoms with van der Waals surface area (Å²) in [6.07, 6.45) is 5.08. The summed E-state index contributed by atoms with van der Waals surface area (Å²) < 4.78 is 17.0. The number of nitrogens with one attached hydrogen (secondary N) is 1. The summed E-state index contributed by atoms with van der Waals surface area (Å²) in [5, 5.41) is 2.86. The van der Waals surface area contributed by atoms with Gasteiger partial charge in [-0.2, -0.15) is 0 Å². The predicted molar refractivity (Wildman–Crippen MR) is 112 cm³/mol. The van der Waals surface area contributed by atoms with Gasteiger partial charge in [0.05, 0.1) is 11.8 Å². The third-order valence-electron chi connectivity index (χ3n) is 4.98. The highest BCUT2D eigenvalue weighted by Crippen LogP contribution is 2.28. The molecule has 1 atom stereocenters. The zero-order chi connectivity index (χ0) is 20.8. The van der Waals surface area contributed by atoms with Crippen molar-refractivity contribution < 1.29 is 18.7 Å². The molecule has 0 bridgehead atoms. The molecule has 1 saturated heterocycles. The van der Waals surface area contributed by atoms with Crippen LogP contribution >= 0.6 is 0 Å². The Morgan fingerprint density at radius 1 is 1.20 bits per heavy atom. The fourth-order valence-corrected chi connectivity index (χ4v) is 3.35. The number of aryl methyl sites for hydroxylation is 1. The monoisotopic (exact) mass is 407 g/mol. The molecule has 1 fully saturated rings. The van der Waals surface area contributed by atoms with Gasteiger partial charge in [0.25, 0.3) is 5.91 Å². The molecule has 3 aromatic rings. The lowest BCUT2D eigenvalue weighted by atomic mass is 10.1. The van der Waals surface area contributed by atoms with E-state index in [1.54, 1.807) is 18.3 Å². The SMILES string of the molecule is Cc1oc(-c2ccc(OCC(=O)NCC3CCCCO3)cc2)nc1-c1ccccn1. The molecular formula is C23H25N3O4. The van der Waals surface area contributed by atoms with Crippen LogP contribution in [0.15, 0.2) is 53.1 Å². The molecular weight excluding hydrogens is 382 g/mol. The van der Waals surface area contributed by atoms with E-state index in [0.717, 1.165) is 42.8 Å². The molecule has 7 nitrogen and oxygen atoms in total. The maximum atomic E-state index is 12.0. The maximum Gasteiger partial charge on any atom is 0.258 e. The average molecular weight is 407 g/mol. The Hall–Kier alpha value is -3.19. The van der Waals surface area contributed by atoms with Gasteiger partial charge >= 0.3 is 0 Å². The normalized spacial score (nSPS) is 16.2. The zero-order valence-corrected chi connectivity index (χ0v) is 17.0. The Morgan fingerprint density at radius 2 is 2.07 bits per heavy atom. The van der Waals surface area contributed by atoms with Crippen LogP contribution in [0.1, 0.15) is 25.0 Å². The van der Waals surface area contributed by atoms with Crippen molar-refractivity contribution in [3.8, 4) is 28.6 Å². The zero-order valence-electron chi connectivity index (χ0n) is 17.0. The lowest BCUT2D eigenvalue weighted by molar-refractivity contribution is -0.124. The van der Waals surface area contributed by atoms with Gasteiger partial charge < -0.3 is 19.2 Å². The molecule has 0 saturated carbocycles. The molecule has 1 aliphatic heterocycles. The van der Waals surface area contributed by atoms with Crippen LogP contribution in [0.4, 0.5) is 0 Å². The maximum absolute atomic E-state index is 12.0. The molecule has 7 heteroatoms. The Bertz CT molecular complexity index is 964. The lowest BCUT2D eigenvalue weighted by Gasteiger charge is -2.22. The molecule has 1 aliphatic rings. The number of aromatic nitrogens is 2. The van der Waals surface area contributed by atoms with Crippen LogP contribution in [0.25, 0.3) is 22.8 Å². The summed E-state index contributed by atoms with van der Waals surface area (Å²) in [5.74, 6) is 1.68. The quantitative estimate of drug-likeness (QED) is 0.642. The average Bonchev–Trinajstić information content (AvgIpc) is 3.19. The highest BCUT2D eigenvalue weighted by Gasteiger charge is 2.16. The standard InChI is InChI=1S/C23H25N3O4/c1-16-22(20-7-2-4-12-24-20)26-23(30-16)17-8-10-18(11-9-17)29-15-21(27)25-14-19-6-3-5-13-28-19/h2,4,7-12,19H,3,5-6,13-15H2,1H3,(H,25,27). The van der Waals surface area contributed by atoms with Crippen LogP contribution in [-0.2, 0) is 9.53 Å². The number of hydrogen-bond acceptors (Lipinski definition) is 6. The summed E-state index contributed by atoms with van der Waals surface area (Å²) >= 11 is 0. The van der Waals surface area contributed by atoms with E-state index >= 15 is 0 Å². The third-order valence-corrected chi connectivity index (χ3v) is 4.98. The molecule has 30 heavy (non-hydrogen) atoms. The predicted octanol–water partition coefficient (Wildman–Crippen LogP) is 3.78. The van der Waals surface area contributed by atoms with Crippen LogP contribution in [0.2, 0.25) is 0 Å². The van der Waals surface area contributed by atoms with E-state index in [4.69, 9.17) is 13.9 Å². The second kappa shape index (κ2) is 9.54. The number of hydrogen-bond donors (Lipinski definition) is 1. The van der Waals surface area contributed by atoms with E-state index in [0.29, 0.717) is 23.9 Å². The molecule has 1 aromatic carbocycles. The van der Waals surface area contributed by atoms with Crippen LogP contribution in [0.3, 0.4) is 0 Å². The first-order chi connectivity index (χ1) is 14.7. The molecule has 1 unspecified atom stereocenters. The third kappa shape index (κ3) is 5.04. The van der Waals surface area contributed by atoms with Crippen molar-refractivity contribution >= 4 is 5.91 Å². The Morgan fingerprint density at radius 3 is 2.80 bits per heavy atom. The molecule has 2 aromatic heterocycles. The van der Waals surface area contributed by atoms with Crippen molar-refractivity contribution in [3.63, 3.8) is 0 Å². The molecule has 1 amide bonds. The van der Waals surface area contributed by atoms with E-state index in [9.17, 15) is 4.79 Å². The summed E-state index contributed by atoms with van der Waals surface area (Å²) in [6, 6.07) is 13.0. The van der Waals surface area contributed by atoms with Gasteiger partial charge in [0.1, 0.15) is 17.2 Å². The smallest absolute Gasteiger partial charge is 0.258 e. The highest BCUT2D eigenvalue weighted by atomic mass is 16.5. The van der Waals surface area contributed by atoms with Crippen LogP contribution in [0, 0.1) is 6.92 Å². The number of ether oxygens (including phenoxy) is 2. The van der Waals surface area contributed by atoms with Gasteiger partial charge in [0.15, 0.2) is 6.61 Å². The van der Waals surface area contributed by atoms with E-state index in [1.165, 1.54) is 0 Å². The van der Waals surface area contributed by atoms with E-state index in [2.05, 4.69) is 15.3 Å². The van der Waals surface area contributed by atoms with Gasteiger partial charge in [-0.3, -0.25) is 9.78 Å². The number of rotatable bonds is 7. The van der Waals surface area contributed by atoms with Crippen LogP contribution < -0.4 is 10.1 Å². The molecule has 4 rings (SSSR count). The first kappa shape index (κ1) is 20.1. The minimum Gasteiger partial charge on any atom is -0.484 e. The Labute approximate surface area is 175 Å². The molecule has 0 spiro atoms. The number of oxazole rings is 1.